The monoisotopic (exact) mass is 408 g/mol. The number of nitrogens with one attached hydrogen (secondary N) is 1. The normalized spacial score (nSPS) is 11.4. The second-order valence-corrected chi connectivity index (χ2v) is 7.33. The molecular weight excluding hydrogens is 396 g/mol. The van der Waals surface area contributed by atoms with E-state index in [0.29, 0.717) is 5.76 Å². The zero-order valence-electron chi connectivity index (χ0n) is 12.2. The standard InChI is InChI=1S/C13H13ClN2O5S3/c1-20-13(17)7-9(16-5-6-3-2-4-21-6)11(23)8(14)12(10(7)22)24(15,18)19/h2-4,16,22-23H,5H2,1H3,(H2,15,18,19). The minimum atomic E-state index is -4.24. The third kappa shape index (κ3) is 3.67. The quantitative estimate of drug-likeness (QED) is 0.447. The highest BCUT2D eigenvalue weighted by molar-refractivity contribution is 7.90. The molecule has 0 saturated carbocycles. The van der Waals surface area contributed by atoms with Crippen molar-refractivity contribution in [1.82, 2.24) is 0 Å². The number of primary sulfonamides is 1. The predicted molar refractivity (Wildman–Crippen MR) is 94.7 cm³/mol. The molecule has 0 spiro atoms. The highest BCUT2D eigenvalue weighted by Gasteiger charge is 2.29. The summed E-state index contributed by atoms with van der Waals surface area (Å²) in [6, 6.07) is 3.41. The van der Waals surface area contributed by atoms with Crippen molar-refractivity contribution in [3.63, 3.8) is 0 Å². The number of nitrogens with two attached hydrogens (primary N) is 1. The smallest absolute Gasteiger partial charge is 0.341 e. The van der Waals surface area contributed by atoms with Crippen molar-refractivity contribution in [2.24, 2.45) is 5.14 Å². The number of esters is 1. The zero-order chi connectivity index (χ0) is 18.1. The molecule has 24 heavy (non-hydrogen) atoms. The number of halogens is 1. The molecule has 1 aromatic heterocycles. The Morgan fingerprint density at radius 2 is 2.08 bits per heavy atom. The van der Waals surface area contributed by atoms with E-state index in [9.17, 15) is 13.2 Å². The molecule has 0 radical (unpaired) electrons. The summed E-state index contributed by atoms with van der Waals surface area (Å²) in [5.41, 5.74) is 0.00907. The van der Waals surface area contributed by atoms with Crippen LogP contribution in [0.25, 0.3) is 0 Å². The van der Waals surface area contributed by atoms with Crippen LogP contribution in [0.3, 0.4) is 0 Å². The summed E-state index contributed by atoms with van der Waals surface area (Å²) in [5.74, 6) is -0.246. The minimum absolute atomic E-state index is 0.0189. The van der Waals surface area contributed by atoms with Crippen LogP contribution in [0, 0.1) is 0 Å². The number of sulfonamides is 1. The van der Waals surface area contributed by atoms with Gasteiger partial charge in [-0.1, -0.05) is 11.6 Å². The van der Waals surface area contributed by atoms with E-state index in [-0.39, 0.29) is 32.6 Å². The minimum Gasteiger partial charge on any atom is -0.467 e. The van der Waals surface area contributed by atoms with Gasteiger partial charge in [0.15, 0.2) is 0 Å². The van der Waals surface area contributed by atoms with Crippen molar-refractivity contribution in [1.29, 1.82) is 0 Å². The van der Waals surface area contributed by atoms with Crippen molar-refractivity contribution in [2.45, 2.75) is 21.2 Å². The van der Waals surface area contributed by atoms with Gasteiger partial charge in [0.1, 0.15) is 10.7 Å². The van der Waals surface area contributed by atoms with Crippen LogP contribution >= 0.6 is 36.9 Å². The van der Waals surface area contributed by atoms with E-state index in [4.69, 9.17) is 25.9 Å². The molecule has 0 atom stereocenters. The first kappa shape index (κ1) is 19.0. The highest BCUT2D eigenvalue weighted by atomic mass is 35.5. The summed E-state index contributed by atoms with van der Waals surface area (Å²) in [6.07, 6.45) is 1.49. The first-order valence-corrected chi connectivity index (χ1v) is 9.15. The third-order valence-corrected chi connectivity index (χ3v) is 5.68. The van der Waals surface area contributed by atoms with Crippen molar-refractivity contribution in [3.05, 3.63) is 34.7 Å². The predicted octanol–water partition coefficient (Wildman–Crippen LogP) is 2.56. The molecule has 0 aliphatic carbocycles. The number of thiol groups is 2. The van der Waals surface area contributed by atoms with E-state index in [0.717, 1.165) is 7.11 Å². The second-order valence-electron chi connectivity index (χ2n) is 4.56. The number of benzene rings is 1. The van der Waals surface area contributed by atoms with Crippen LogP contribution in [0.4, 0.5) is 5.69 Å². The van der Waals surface area contributed by atoms with Crippen molar-refractivity contribution in [2.75, 3.05) is 12.4 Å². The van der Waals surface area contributed by atoms with Crippen molar-refractivity contribution in [3.8, 4) is 0 Å². The lowest BCUT2D eigenvalue weighted by molar-refractivity contribution is 0.0597. The molecule has 0 fully saturated rings. The van der Waals surface area contributed by atoms with Crippen LogP contribution in [0.1, 0.15) is 16.1 Å². The first-order chi connectivity index (χ1) is 11.2. The molecular formula is C13H13ClN2O5S3. The lowest BCUT2D eigenvalue weighted by atomic mass is 10.1. The summed E-state index contributed by atoms with van der Waals surface area (Å²) in [6.45, 7) is 0.197. The van der Waals surface area contributed by atoms with E-state index in [1.54, 1.807) is 12.1 Å². The fourth-order valence-electron chi connectivity index (χ4n) is 1.99. The first-order valence-electron chi connectivity index (χ1n) is 6.33. The summed E-state index contributed by atoms with van der Waals surface area (Å²) in [7, 11) is -3.09. The Morgan fingerprint density at radius 3 is 2.58 bits per heavy atom. The lowest BCUT2D eigenvalue weighted by Gasteiger charge is -2.18. The zero-order valence-corrected chi connectivity index (χ0v) is 15.6. The Morgan fingerprint density at radius 1 is 1.42 bits per heavy atom. The Kier molecular flexibility index (Phi) is 5.76. The van der Waals surface area contributed by atoms with Gasteiger partial charge in [-0.2, -0.15) is 0 Å². The number of carbonyl (C=O) groups is 1. The van der Waals surface area contributed by atoms with E-state index in [2.05, 4.69) is 30.6 Å². The van der Waals surface area contributed by atoms with Gasteiger partial charge in [0.2, 0.25) is 10.0 Å². The molecule has 7 nitrogen and oxygen atoms in total. The van der Waals surface area contributed by atoms with Gasteiger partial charge in [0.05, 0.1) is 36.2 Å². The summed E-state index contributed by atoms with van der Waals surface area (Å²) >= 11 is 14.4. The van der Waals surface area contributed by atoms with Gasteiger partial charge in [-0.05, 0) is 12.1 Å². The van der Waals surface area contributed by atoms with Crippen LogP contribution in [-0.2, 0) is 21.3 Å². The Hall–Kier alpha value is -1.33. The topological polar surface area (TPSA) is 112 Å². The Labute approximate surface area is 154 Å². The maximum Gasteiger partial charge on any atom is 0.341 e. The number of carbonyl (C=O) groups excluding carboxylic acids is 1. The van der Waals surface area contributed by atoms with E-state index in [1.807, 2.05) is 0 Å². The molecule has 3 N–H and O–H groups in total. The van der Waals surface area contributed by atoms with Gasteiger partial charge in [-0.25, -0.2) is 18.4 Å². The number of anilines is 1. The second kappa shape index (κ2) is 7.28. The van der Waals surface area contributed by atoms with Crippen LogP contribution in [0.2, 0.25) is 5.02 Å². The molecule has 130 valence electrons. The molecule has 0 amide bonds. The molecule has 1 aromatic carbocycles. The number of furan rings is 1. The highest BCUT2D eigenvalue weighted by Crippen LogP contribution is 2.42. The van der Waals surface area contributed by atoms with E-state index in [1.165, 1.54) is 6.26 Å². The summed E-state index contributed by atoms with van der Waals surface area (Å²) < 4.78 is 33.4. The maximum absolute atomic E-state index is 12.1. The molecule has 0 aliphatic heterocycles. The van der Waals surface area contributed by atoms with E-state index < -0.39 is 20.9 Å². The largest absolute Gasteiger partial charge is 0.467 e. The van der Waals surface area contributed by atoms with Crippen molar-refractivity contribution >= 4 is 58.5 Å². The molecule has 11 heteroatoms. The number of hydrogen-bond acceptors (Lipinski definition) is 8. The molecule has 2 rings (SSSR count). The van der Waals surface area contributed by atoms with Gasteiger partial charge in [0.25, 0.3) is 0 Å². The summed E-state index contributed by atoms with van der Waals surface area (Å²) in [5, 5.41) is 7.83. The lowest BCUT2D eigenvalue weighted by Crippen LogP contribution is -2.18. The van der Waals surface area contributed by atoms with E-state index >= 15 is 0 Å². The van der Waals surface area contributed by atoms with Gasteiger partial charge in [-0.15, -0.1) is 25.3 Å². The van der Waals surface area contributed by atoms with Crippen LogP contribution in [-0.4, -0.2) is 21.5 Å². The third-order valence-electron chi connectivity index (χ3n) is 3.04. The number of methoxy groups -OCH3 is 1. The van der Waals surface area contributed by atoms with Crippen LogP contribution in [0.5, 0.6) is 0 Å². The Bertz CT molecular complexity index is 882. The summed E-state index contributed by atoms with van der Waals surface area (Å²) in [4.78, 5) is 11.4. The average Bonchev–Trinajstić information content (AvgIpc) is 3.00. The van der Waals surface area contributed by atoms with Crippen LogP contribution in [0.15, 0.2) is 37.5 Å². The maximum atomic E-state index is 12.1. The molecule has 0 unspecified atom stereocenters. The van der Waals surface area contributed by atoms with Gasteiger partial charge in [0, 0.05) is 9.79 Å². The average molecular weight is 409 g/mol. The number of hydrogen-bond donors (Lipinski definition) is 4. The number of rotatable bonds is 5. The van der Waals surface area contributed by atoms with Gasteiger partial charge in [-0.3, -0.25) is 0 Å². The molecule has 2 aromatic rings. The van der Waals surface area contributed by atoms with Crippen LogP contribution < -0.4 is 10.5 Å². The Balaban J connectivity index is 2.66. The fraction of sp³-hybridized carbons (Fsp3) is 0.154. The van der Waals surface area contributed by atoms with Gasteiger partial charge < -0.3 is 14.5 Å². The number of ether oxygens (including phenoxy) is 1. The fourth-order valence-corrected chi connectivity index (χ4v) is 4.37. The molecule has 1 heterocycles. The van der Waals surface area contributed by atoms with Gasteiger partial charge >= 0.3 is 5.97 Å². The molecule has 0 aliphatic rings. The van der Waals surface area contributed by atoms with Crippen molar-refractivity contribution < 1.29 is 22.4 Å². The molecule has 0 bridgehead atoms. The SMILES string of the molecule is COC(=O)c1c(S)c(S(N)(=O)=O)c(Cl)c(S)c1NCc1ccco1. The molecule has 0 saturated heterocycles.